The molecule has 2 aliphatic carbocycles. The van der Waals surface area contributed by atoms with Crippen molar-refractivity contribution in [3.8, 4) is 28.0 Å². The van der Waals surface area contributed by atoms with E-state index < -0.39 is 23.3 Å². The molecule has 0 bridgehead atoms. The molecule has 1 nitrogen and oxygen atoms in total. The molecule has 0 spiro atoms. The van der Waals surface area contributed by atoms with Gasteiger partial charge >= 0.3 is 0 Å². The van der Waals surface area contributed by atoms with Gasteiger partial charge in [0, 0.05) is 16.7 Å². The molecule has 40 heavy (non-hydrogen) atoms. The van der Waals surface area contributed by atoms with Gasteiger partial charge in [0.1, 0.15) is 0 Å². The maximum Gasteiger partial charge on any atom is 0.201 e. The van der Waals surface area contributed by atoms with E-state index in [1.165, 1.54) is 50.5 Å². The minimum Gasteiger partial charge on any atom is -0.462 e. The normalized spacial score (nSPS) is 21.4. The van der Waals surface area contributed by atoms with E-state index in [0.29, 0.717) is 22.6 Å². The fraction of sp³-hybridized carbons (Fsp3) is 0.371. The maximum atomic E-state index is 15.3. The van der Waals surface area contributed by atoms with Crippen molar-refractivity contribution in [2.45, 2.75) is 65.2 Å². The van der Waals surface area contributed by atoms with E-state index in [9.17, 15) is 8.78 Å². The predicted molar refractivity (Wildman–Crippen MR) is 154 cm³/mol. The molecule has 0 aliphatic heterocycles. The summed E-state index contributed by atoms with van der Waals surface area (Å²) < 4.78 is 64.8. The van der Waals surface area contributed by atoms with Crippen molar-refractivity contribution in [2.75, 3.05) is 0 Å². The molecule has 0 N–H and O–H groups in total. The number of rotatable bonds is 7. The van der Waals surface area contributed by atoms with Crippen LogP contribution in [0.5, 0.6) is 5.75 Å². The molecule has 3 aromatic rings. The van der Waals surface area contributed by atoms with E-state index in [1.54, 1.807) is 49.4 Å². The quantitative estimate of drug-likeness (QED) is 0.211. The molecule has 210 valence electrons. The zero-order valence-corrected chi connectivity index (χ0v) is 23.2. The van der Waals surface area contributed by atoms with Crippen molar-refractivity contribution in [3.05, 3.63) is 95.8 Å². The standard InChI is InChI=1S/C35H36F4O/c1-3-21-40-31-20-19-30(34(38)35(31)39)27-15-13-26(14-16-27)29-18-17-28(32(36)33(29)37)25-11-9-24(10-12-25)23-7-5-22(4-2)6-8-23/h3,11,13-24H,4-10,12H2,1-2H3/b21-3-. The van der Waals surface area contributed by atoms with Crippen molar-refractivity contribution in [3.63, 3.8) is 0 Å². The van der Waals surface area contributed by atoms with Crippen LogP contribution in [0.15, 0.2) is 66.9 Å². The smallest absolute Gasteiger partial charge is 0.201 e. The van der Waals surface area contributed by atoms with Crippen molar-refractivity contribution in [1.29, 1.82) is 0 Å². The van der Waals surface area contributed by atoms with Crippen LogP contribution < -0.4 is 4.74 Å². The van der Waals surface area contributed by atoms with Crippen LogP contribution in [-0.4, -0.2) is 0 Å². The average molecular weight is 549 g/mol. The lowest BCUT2D eigenvalue weighted by Crippen LogP contribution is -2.23. The highest BCUT2D eigenvalue weighted by atomic mass is 19.2. The molecule has 1 fully saturated rings. The Labute approximate surface area is 234 Å². The minimum atomic E-state index is -1.09. The fourth-order valence-corrected chi connectivity index (χ4v) is 6.43. The fourth-order valence-electron chi connectivity index (χ4n) is 6.43. The number of ether oxygens (including phenoxy) is 1. The van der Waals surface area contributed by atoms with E-state index >= 15 is 8.78 Å². The monoisotopic (exact) mass is 548 g/mol. The first-order valence-corrected chi connectivity index (χ1v) is 14.4. The largest absolute Gasteiger partial charge is 0.462 e. The van der Waals surface area contributed by atoms with Crippen LogP contribution in [0.2, 0.25) is 0 Å². The van der Waals surface area contributed by atoms with E-state index in [-0.39, 0.29) is 16.9 Å². The molecule has 2 aliphatic rings. The van der Waals surface area contributed by atoms with Crippen LogP contribution >= 0.6 is 0 Å². The second-order valence-electron chi connectivity index (χ2n) is 11.1. The highest BCUT2D eigenvalue weighted by Gasteiger charge is 2.29. The van der Waals surface area contributed by atoms with E-state index in [1.807, 2.05) is 0 Å². The Morgan fingerprint density at radius 2 is 1.27 bits per heavy atom. The van der Waals surface area contributed by atoms with Gasteiger partial charge in [0.2, 0.25) is 5.82 Å². The lowest BCUT2D eigenvalue weighted by atomic mass is 9.70. The molecule has 0 aromatic heterocycles. The van der Waals surface area contributed by atoms with E-state index in [2.05, 4.69) is 13.0 Å². The zero-order chi connectivity index (χ0) is 28.2. The lowest BCUT2D eigenvalue weighted by molar-refractivity contribution is 0.192. The molecule has 1 saturated carbocycles. The Hall–Kier alpha value is -3.34. The Kier molecular flexibility index (Phi) is 8.78. The van der Waals surface area contributed by atoms with Crippen LogP contribution in [-0.2, 0) is 0 Å². The van der Waals surface area contributed by atoms with Crippen LogP contribution in [0, 0.1) is 41.0 Å². The average Bonchev–Trinajstić information content (AvgIpc) is 3.00. The van der Waals surface area contributed by atoms with Gasteiger partial charge in [-0.2, -0.15) is 4.39 Å². The Morgan fingerprint density at radius 3 is 1.85 bits per heavy atom. The molecule has 0 amide bonds. The van der Waals surface area contributed by atoms with Gasteiger partial charge in [0.05, 0.1) is 6.26 Å². The lowest BCUT2D eigenvalue weighted by Gasteiger charge is -2.35. The number of benzene rings is 3. The van der Waals surface area contributed by atoms with Crippen molar-refractivity contribution >= 4 is 5.57 Å². The summed E-state index contributed by atoms with van der Waals surface area (Å²) in [6, 6.07) is 12.4. The van der Waals surface area contributed by atoms with Gasteiger partial charge in [0.15, 0.2) is 23.2 Å². The van der Waals surface area contributed by atoms with E-state index in [0.717, 1.165) is 36.7 Å². The summed E-state index contributed by atoms with van der Waals surface area (Å²) in [5, 5.41) is 0. The molecule has 0 radical (unpaired) electrons. The van der Waals surface area contributed by atoms with Gasteiger partial charge in [0.25, 0.3) is 0 Å². The first-order chi connectivity index (χ1) is 19.4. The molecule has 5 heteroatoms. The number of hydrogen-bond donors (Lipinski definition) is 0. The Bertz CT molecular complexity index is 1400. The molecule has 1 atom stereocenters. The van der Waals surface area contributed by atoms with Gasteiger partial charge in [-0.05, 0) is 85.6 Å². The number of allylic oxidation sites excluding steroid dienone is 3. The number of halogens is 4. The van der Waals surface area contributed by atoms with Gasteiger partial charge in [-0.1, -0.05) is 74.7 Å². The van der Waals surface area contributed by atoms with Crippen LogP contribution in [0.25, 0.3) is 27.8 Å². The Balaban J connectivity index is 1.31. The highest BCUT2D eigenvalue weighted by Crippen LogP contribution is 2.43. The topological polar surface area (TPSA) is 9.23 Å². The van der Waals surface area contributed by atoms with Crippen molar-refractivity contribution in [2.24, 2.45) is 17.8 Å². The molecule has 0 saturated heterocycles. The molecular weight excluding hydrogens is 512 g/mol. The molecule has 1 unspecified atom stereocenters. The van der Waals surface area contributed by atoms with Crippen LogP contribution in [0.3, 0.4) is 0 Å². The summed E-state index contributed by atoms with van der Waals surface area (Å²) in [4.78, 5) is 0. The SMILES string of the molecule is C/C=C\Oc1ccc(-c2ccc(-c3ccc(C4=CCC(C5CCC(CC)CC5)CC4)c(F)c3F)cc2)c(F)c1F. The molecular formula is C35H36F4O. The summed E-state index contributed by atoms with van der Waals surface area (Å²) in [7, 11) is 0. The van der Waals surface area contributed by atoms with Gasteiger partial charge in [-0.15, -0.1) is 0 Å². The van der Waals surface area contributed by atoms with E-state index in [4.69, 9.17) is 4.74 Å². The number of hydrogen-bond acceptors (Lipinski definition) is 1. The first kappa shape index (κ1) is 28.2. The van der Waals surface area contributed by atoms with Crippen LogP contribution in [0.1, 0.15) is 70.8 Å². The second-order valence-corrected chi connectivity index (χ2v) is 11.1. The summed E-state index contributed by atoms with van der Waals surface area (Å²) >= 11 is 0. The van der Waals surface area contributed by atoms with Crippen molar-refractivity contribution in [1.82, 2.24) is 0 Å². The van der Waals surface area contributed by atoms with Crippen molar-refractivity contribution < 1.29 is 22.3 Å². The summed E-state index contributed by atoms with van der Waals surface area (Å²) in [6.45, 7) is 3.98. The summed E-state index contributed by atoms with van der Waals surface area (Å²) in [6.07, 6.45) is 14.2. The van der Waals surface area contributed by atoms with Gasteiger partial charge < -0.3 is 4.74 Å². The first-order valence-electron chi connectivity index (χ1n) is 14.4. The summed E-state index contributed by atoms with van der Waals surface area (Å²) in [5.41, 5.74) is 2.29. The van der Waals surface area contributed by atoms with Gasteiger partial charge in [-0.25, -0.2) is 13.2 Å². The third kappa shape index (κ3) is 5.75. The third-order valence-electron chi connectivity index (χ3n) is 8.90. The minimum absolute atomic E-state index is 0.0554. The van der Waals surface area contributed by atoms with Crippen LogP contribution in [0.4, 0.5) is 17.6 Å². The Morgan fingerprint density at radius 1 is 0.700 bits per heavy atom. The maximum absolute atomic E-state index is 15.3. The highest BCUT2D eigenvalue weighted by molar-refractivity contribution is 5.74. The van der Waals surface area contributed by atoms with Gasteiger partial charge in [-0.3, -0.25) is 0 Å². The molecule has 0 heterocycles. The molecule has 3 aromatic carbocycles. The summed E-state index contributed by atoms with van der Waals surface area (Å²) in [5.74, 6) is -1.80. The third-order valence-corrected chi connectivity index (χ3v) is 8.90. The predicted octanol–water partition coefficient (Wildman–Crippen LogP) is 10.9. The molecule has 5 rings (SSSR count). The zero-order valence-electron chi connectivity index (χ0n) is 23.2. The second kappa shape index (κ2) is 12.4.